The Morgan fingerprint density at radius 3 is 2.77 bits per heavy atom. The molecule has 0 heterocycles. The summed E-state index contributed by atoms with van der Waals surface area (Å²) < 4.78 is 0. The Kier molecular flexibility index (Phi) is 4.53. The minimum absolute atomic E-state index is 0.386. The minimum atomic E-state index is 0.386. The summed E-state index contributed by atoms with van der Waals surface area (Å²) in [6.07, 6.45) is 11.1. The zero-order valence-electron chi connectivity index (χ0n) is 13.4. The van der Waals surface area contributed by atoms with E-state index in [0.717, 1.165) is 13.0 Å². The quantitative estimate of drug-likeness (QED) is 0.497. The number of rotatable bonds is 5. The molecule has 112 valence electrons. The van der Waals surface area contributed by atoms with Crippen LogP contribution in [0.15, 0.2) is 65.2 Å². The molecule has 0 radical (unpaired) electrons. The van der Waals surface area contributed by atoms with Gasteiger partial charge in [-0.3, -0.25) is 4.99 Å². The van der Waals surface area contributed by atoms with E-state index in [-0.39, 0.29) is 0 Å². The summed E-state index contributed by atoms with van der Waals surface area (Å²) in [4.78, 5) is 4.67. The van der Waals surface area contributed by atoms with Gasteiger partial charge in [0.1, 0.15) is 0 Å². The van der Waals surface area contributed by atoms with Crippen LogP contribution < -0.4 is 0 Å². The van der Waals surface area contributed by atoms with Crippen molar-refractivity contribution in [2.45, 2.75) is 32.6 Å². The van der Waals surface area contributed by atoms with Crippen LogP contribution in [0, 0.1) is 0 Å². The average Bonchev–Trinajstić information content (AvgIpc) is 2.97. The summed E-state index contributed by atoms with van der Waals surface area (Å²) >= 11 is 0. The predicted octanol–water partition coefficient (Wildman–Crippen LogP) is 5.66. The SMILES string of the molecule is CCCCN=Cc1c(C2C=CC=C2C)ccc2ccccc12. The first-order valence-corrected chi connectivity index (χ1v) is 8.17. The molecule has 1 aliphatic rings. The summed E-state index contributed by atoms with van der Waals surface area (Å²) in [5, 5.41) is 2.58. The number of hydrogen-bond donors (Lipinski definition) is 0. The number of unbranched alkanes of at least 4 members (excludes halogenated alkanes) is 1. The molecule has 1 unspecified atom stereocenters. The first kappa shape index (κ1) is 14.8. The highest BCUT2D eigenvalue weighted by molar-refractivity contribution is 6.01. The number of fused-ring (bicyclic) bond motifs is 1. The number of hydrogen-bond acceptors (Lipinski definition) is 1. The molecule has 1 atom stereocenters. The van der Waals surface area contributed by atoms with Gasteiger partial charge in [-0.25, -0.2) is 0 Å². The van der Waals surface area contributed by atoms with Crippen LogP contribution in [0.5, 0.6) is 0 Å². The van der Waals surface area contributed by atoms with Gasteiger partial charge in [-0.2, -0.15) is 0 Å². The van der Waals surface area contributed by atoms with E-state index in [1.807, 2.05) is 0 Å². The molecule has 0 saturated heterocycles. The molecule has 0 aliphatic heterocycles. The molecule has 0 N–H and O–H groups in total. The van der Waals surface area contributed by atoms with Crippen LogP contribution in [0.1, 0.15) is 43.7 Å². The van der Waals surface area contributed by atoms with Crippen LogP contribution >= 0.6 is 0 Å². The first-order chi connectivity index (χ1) is 10.8. The maximum absolute atomic E-state index is 4.67. The van der Waals surface area contributed by atoms with Gasteiger partial charge in [0, 0.05) is 24.2 Å². The molecule has 0 saturated carbocycles. The van der Waals surface area contributed by atoms with Crippen molar-refractivity contribution in [3.05, 3.63) is 71.3 Å². The van der Waals surface area contributed by atoms with Gasteiger partial charge in [-0.15, -0.1) is 0 Å². The predicted molar refractivity (Wildman–Crippen MR) is 97.0 cm³/mol. The van der Waals surface area contributed by atoms with E-state index < -0.39 is 0 Å². The molecule has 0 fully saturated rings. The van der Waals surface area contributed by atoms with Crippen LogP contribution in [0.3, 0.4) is 0 Å². The molecule has 1 aliphatic carbocycles. The van der Waals surface area contributed by atoms with Crippen molar-refractivity contribution in [2.75, 3.05) is 6.54 Å². The second-order valence-electron chi connectivity index (χ2n) is 5.95. The second kappa shape index (κ2) is 6.74. The molecular weight excluding hydrogens is 266 g/mol. The summed E-state index contributed by atoms with van der Waals surface area (Å²) in [5.41, 5.74) is 4.04. The molecule has 2 aromatic rings. The molecule has 0 bridgehead atoms. The maximum atomic E-state index is 4.67. The van der Waals surface area contributed by atoms with E-state index >= 15 is 0 Å². The maximum Gasteiger partial charge on any atom is 0.0389 e. The second-order valence-corrected chi connectivity index (χ2v) is 5.95. The lowest BCUT2D eigenvalue weighted by Gasteiger charge is -2.16. The molecule has 3 rings (SSSR count). The standard InChI is InChI=1S/C21H23N/c1-3-4-14-22-15-21-19-10-6-5-9-17(19)12-13-20(21)18-11-7-8-16(18)2/h5-13,15,18H,3-4,14H2,1-2H3. The summed E-state index contributed by atoms with van der Waals surface area (Å²) in [7, 11) is 0. The number of allylic oxidation sites excluding steroid dienone is 4. The van der Waals surface area contributed by atoms with Gasteiger partial charge >= 0.3 is 0 Å². The lowest BCUT2D eigenvalue weighted by molar-refractivity contribution is 0.810. The minimum Gasteiger partial charge on any atom is -0.293 e. The number of benzene rings is 2. The topological polar surface area (TPSA) is 12.4 Å². The average molecular weight is 289 g/mol. The van der Waals surface area contributed by atoms with E-state index in [2.05, 4.69) is 79.7 Å². The van der Waals surface area contributed by atoms with Crippen molar-refractivity contribution in [3.63, 3.8) is 0 Å². The van der Waals surface area contributed by atoms with Crippen molar-refractivity contribution in [2.24, 2.45) is 4.99 Å². The van der Waals surface area contributed by atoms with E-state index in [0.29, 0.717) is 5.92 Å². The third kappa shape index (κ3) is 2.89. The first-order valence-electron chi connectivity index (χ1n) is 8.17. The highest BCUT2D eigenvalue weighted by atomic mass is 14.7. The largest absolute Gasteiger partial charge is 0.293 e. The molecular formula is C21H23N. The lowest BCUT2D eigenvalue weighted by Crippen LogP contribution is -2.01. The summed E-state index contributed by atoms with van der Waals surface area (Å²) in [6, 6.07) is 13.1. The van der Waals surface area contributed by atoms with Crippen LogP contribution in [-0.2, 0) is 0 Å². The monoisotopic (exact) mass is 289 g/mol. The molecule has 0 amide bonds. The van der Waals surface area contributed by atoms with Gasteiger partial charge < -0.3 is 0 Å². The van der Waals surface area contributed by atoms with E-state index in [1.54, 1.807) is 0 Å². The number of nitrogens with zero attached hydrogens (tertiary/aromatic N) is 1. The Morgan fingerprint density at radius 2 is 2.00 bits per heavy atom. The van der Waals surface area contributed by atoms with Gasteiger partial charge in [0.2, 0.25) is 0 Å². The Balaban J connectivity index is 2.08. The van der Waals surface area contributed by atoms with Gasteiger partial charge in [-0.1, -0.05) is 73.5 Å². The van der Waals surface area contributed by atoms with Gasteiger partial charge in [0.05, 0.1) is 0 Å². The highest BCUT2D eigenvalue weighted by Crippen LogP contribution is 2.34. The normalized spacial score (nSPS) is 17.5. The Bertz CT molecular complexity index is 750. The Morgan fingerprint density at radius 1 is 1.14 bits per heavy atom. The van der Waals surface area contributed by atoms with Crippen LogP contribution in [0.4, 0.5) is 0 Å². The molecule has 1 heteroatoms. The molecule has 0 spiro atoms. The fraction of sp³-hybridized carbons (Fsp3) is 0.286. The zero-order valence-corrected chi connectivity index (χ0v) is 13.4. The molecule has 2 aromatic carbocycles. The fourth-order valence-electron chi connectivity index (χ4n) is 3.06. The van der Waals surface area contributed by atoms with Gasteiger partial charge in [0.15, 0.2) is 0 Å². The van der Waals surface area contributed by atoms with Crippen molar-refractivity contribution < 1.29 is 0 Å². The highest BCUT2D eigenvalue weighted by Gasteiger charge is 2.17. The third-order valence-corrected chi connectivity index (χ3v) is 4.35. The smallest absolute Gasteiger partial charge is 0.0389 e. The van der Waals surface area contributed by atoms with E-state index in [9.17, 15) is 0 Å². The van der Waals surface area contributed by atoms with Gasteiger partial charge in [-0.05, 0) is 29.7 Å². The van der Waals surface area contributed by atoms with Crippen molar-refractivity contribution in [3.8, 4) is 0 Å². The summed E-state index contributed by atoms with van der Waals surface area (Å²) in [6.45, 7) is 5.32. The van der Waals surface area contributed by atoms with Crippen LogP contribution in [0.2, 0.25) is 0 Å². The molecule has 22 heavy (non-hydrogen) atoms. The lowest BCUT2D eigenvalue weighted by atomic mass is 9.88. The third-order valence-electron chi connectivity index (χ3n) is 4.35. The van der Waals surface area contributed by atoms with Crippen molar-refractivity contribution in [1.82, 2.24) is 0 Å². The van der Waals surface area contributed by atoms with Crippen LogP contribution in [-0.4, -0.2) is 12.8 Å². The van der Waals surface area contributed by atoms with E-state index in [4.69, 9.17) is 0 Å². The number of aliphatic imine (C=N–C) groups is 1. The summed E-state index contributed by atoms with van der Waals surface area (Å²) in [5.74, 6) is 0.386. The van der Waals surface area contributed by atoms with Crippen molar-refractivity contribution >= 4 is 17.0 Å². The Hall–Kier alpha value is -2.15. The fourth-order valence-corrected chi connectivity index (χ4v) is 3.06. The van der Waals surface area contributed by atoms with E-state index in [1.165, 1.54) is 33.9 Å². The molecule has 1 nitrogen and oxygen atoms in total. The van der Waals surface area contributed by atoms with Crippen molar-refractivity contribution in [1.29, 1.82) is 0 Å². The zero-order chi connectivity index (χ0) is 15.4. The Labute approximate surface area is 133 Å². The molecule has 0 aromatic heterocycles. The van der Waals surface area contributed by atoms with Crippen LogP contribution in [0.25, 0.3) is 10.8 Å². The van der Waals surface area contributed by atoms with Gasteiger partial charge in [0.25, 0.3) is 0 Å².